The van der Waals surface area contributed by atoms with Gasteiger partial charge < -0.3 is 10.6 Å². The number of aromatic nitrogens is 2. The number of rotatable bonds is 9. The molecule has 1 heterocycles. The summed E-state index contributed by atoms with van der Waals surface area (Å²) in [6.45, 7) is 0.724. The molecule has 0 spiro atoms. The number of thioether (sulfide) groups is 1. The average Bonchev–Trinajstić information content (AvgIpc) is 3.19. The van der Waals surface area contributed by atoms with E-state index in [0.717, 1.165) is 27.4 Å². The topological polar surface area (TPSA) is 81.2 Å². The summed E-state index contributed by atoms with van der Waals surface area (Å²) < 4.78 is 2.07. The Morgan fingerprint density at radius 3 is 2.28 bits per heavy atom. The largest absolute Gasteiger partial charge is 0.370 e. The molecule has 0 saturated heterocycles. The van der Waals surface area contributed by atoms with E-state index in [1.54, 1.807) is 4.90 Å². The van der Waals surface area contributed by atoms with Crippen molar-refractivity contribution >= 4 is 34.6 Å². The fourth-order valence-electron chi connectivity index (χ4n) is 3.49. The summed E-state index contributed by atoms with van der Waals surface area (Å²) in [5, 5.41) is 0.750. The molecule has 1 aromatic heterocycles. The molecule has 0 aliphatic heterocycles. The third kappa shape index (κ3) is 5.18. The first-order valence-electron chi connectivity index (χ1n) is 10.4. The highest BCUT2D eigenvalue weighted by atomic mass is 32.2. The predicted octanol–water partition coefficient (Wildman–Crippen LogP) is 4.02. The SMILES string of the molecule is NC(=O)CCN(Cc1ccccc1)C(=O)CSc1nc2ccccc2n1-c1ccccc1. The second-order valence-electron chi connectivity index (χ2n) is 7.36. The summed E-state index contributed by atoms with van der Waals surface area (Å²) in [6, 6.07) is 27.6. The Balaban J connectivity index is 1.56. The zero-order chi connectivity index (χ0) is 22.3. The van der Waals surface area contributed by atoms with E-state index in [4.69, 9.17) is 10.7 Å². The summed E-state index contributed by atoms with van der Waals surface area (Å²) in [5.74, 6) is -0.275. The number of carbonyl (C=O) groups excluding carboxylic acids is 2. The predicted molar refractivity (Wildman–Crippen MR) is 127 cm³/mol. The molecular weight excluding hydrogens is 420 g/mol. The zero-order valence-electron chi connectivity index (χ0n) is 17.6. The minimum atomic E-state index is -0.422. The molecule has 6 nitrogen and oxygen atoms in total. The van der Waals surface area contributed by atoms with E-state index in [-0.39, 0.29) is 18.1 Å². The molecule has 162 valence electrons. The quantitative estimate of drug-likeness (QED) is 0.395. The maximum Gasteiger partial charge on any atom is 0.233 e. The molecule has 3 aromatic carbocycles. The summed E-state index contributed by atoms with van der Waals surface area (Å²) in [4.78, 5) is 30.9. The summed E-state index contributed by atoms with van der Waals surface area (Å²) in [6.07, 6.45) is 0.131. The van der Waals surface area contributed by atoms with Gasteiger partial charge in [0.2, 0.25) is 11.8 Å². The van der Waals surface area contributed by atoms with E-state index in [1.165, 1.54) is 11.8 Å². The monoisotopic (exact) mass is 444 g/mol. The molecule has 0 atom stereocenters. The van der Waals surface area contributed by atoms with E-state index in [1.807, 2.05) is 84.9 Å². The lowest BCUT2D eigenvalue weighted by Gasteiger charge is -2.22. The molecule has 0 bridgehead atoms. The number of hydrogen-bond donors (Lipinski definition) is 1. The first kappa shape index (κ1) is 21.6. The smallest absolute Gasteiger partial charge is 0.233 e. The second-order valence-corrected chi connectivity index (χ2v) is 8.30. The number of hydrogen-bond acceptors (Lipinski definition) is 4. The molecule has 0 saturated carbocycles. The molecule has 2 N–H and O–H groups in total. The number of fused-ring (bicyclic) bond motifs is 1. The number of imidazole rings is 1. The molecule has 0 aliphatic carbocycles. The van der Waals surface area contributed by atoms with Crippen molar-refractivity contribution in [1.82, 2.24) is 14.5 Å². The number of nitrogens with two attached hydrogens (primary N) is 1. The van der Waals surface area contributed by atoms with Crippen LogP contribution in [-0.4, -0.2) is 38.6 Å². The van der Waals surface area contributed by atoms with Crippen LogP contribution >= 0.6 is 11.8 Å². The van der Waals surface area contributed by atoms with Gasteiger partial charge in [0.15, 0.2) is 5.16 Å². The van der Waals surface area contributed by atoms with Crippen LogP contribution in [0.25, 0.3) is 16.7 Å². The minimum Gasteiger partial charge on any atom is -0.370 e. The molecule has 32 heavy (non-hydrogen) atoms. The van der Waals surface area contributed by atoms with Crippen LogP contribution in [0.1, 0.15) is 12.0 Å². The molecule has 7 heteroatoms. The van der Waals surface area contributed by atoms with Crippen molar-refractivity contribution in [3.63, 3.8) is 0 Å². The third-order valence-electron chi connectivity index (χ3n) is 5.07. The van der Waals surface area contributed by atoms with Crippen molar-refractivity contribution in [2.24, 2.45) is 5.73 Å². The molecule has 4 aromatic rings. The Bertz CT molecular complexity index is 1210. The van der Waals surface area contributed by atoms with Crippen LogP contribution in [-0.2, 0) is 16.1 Å². The van der Waals surface area contributed by atoms with Crippen LogP contribution in [0, 0.1) is 0 Å². The van der Waals surface area contributed by atoms with Gasteiger partial charge in [-0.05, 0) is 29.8 Å². The first-order chi connectivity index (χ1) is 15.6. The maximum absolute atomic E-state index is 13.1. The van der Waals surface area contributed by atoms with Gasteiger partial charge in [0.1, 0.15) is 0 Å². The average molecular weight is 445 g/mol. The fourth-order valence-corrected chi connectivity index (χ4v) is 4.42. The highest BCUT2D eigenvalue weighted by Crippen LogP contribution is 2.28. The zero-order valence-corrected chi connectivity index (χ0v) is 18.4. The standard InChI is InChI=1S/C25H24N4O2S/c26-23(30)15-16-28(17-19-9-3-1-4-10-19)24(31)18-32-25-27-21-13-7-8-14-22(21)29(25)20-11-5-2-6-12-20/h1-14H,15-18H2,(H2,26,30). The van der Waals surface area contributed by atoms with E-state index in [0.29, 0.717) is 13.1 Å². The third-order valence-corrected chi connectivity index (χ3v) is 5.99. The van der Waals surface area contributed by atoms with Crippen LogP contribution in [0.4, 0.5) is 0 Å². The van der Waals surface area contributed by atoms with Gasteiger partial charge in [-0.25, -0.2) is 4.98 Å². The van der Waals surface area contributed by atoms with Crippen molar-refractivity contribution in [2.45, 2.75) is 18.1 Å². The number of amides is 2. The lowest BCUT2D eigenvalue weighted by Crippen LogP contribution is -2.34. The lowest BCUT2D eigenvalue weighted by atomic mass is 10.2. The summed E-state index contributed by atoms with van der Waals surface area (Å²) >= 11 is 1.39. The van der Waals surface area contributed by atoms with Crippen LogP contribution in [0.2, 0.25) is 0 Å². The van der Waals surface area contributed by atoms with Crippen molar-refractivity contribution in [1.29, 1.82) is 0 Å². The van der Waals surface area contributed by atoms with E-state index in [9.17, 15) is 9.59 Å². The van der Waals surface area contributed by atoms with Gasteiger partial charge in [-0.2, -0.15) is 0 Å². The minimum absolute atomic E-state index is 0.0632. The van der Waals surface area contributed by atoms with Crippen molar-refractivity contribution in [3.05, 3.63) is 90.5 Å². The lowest BCUT2D eigenvalue weighted by molar-refractivity contribution is -0.129. The van der Waals surface area contributed by atoms with Crippen LogP contribution < -0.4 is 5.73 Å². The van der Waals surface area contributed by atoms with E-state index < -0.39 is 5.91 Å². The molecule has 0 unspecified atom stereocenters. The molecular formula is C25H24N4O2S. The van der Waals surface area contributed by atoms with Gasteiger partial charge in [0.25, 0.3) is 0 Å². The van der Waals surface area contributed by atoms with E-state index in [2.05, 4.69) is 4.57 Å². The highest BCUT2D eigenvalue weighted by Gasteiger charge is 2.18. The Morgan fingerprint density at radius 2 is 1.56 bits per heavy atom. The fraction of sp³-hybridized carbons (Fsp3) is 0.160. The van der Waals surface area contributed by atoms with Crippen LogP contribution in [0.15, 0.2) is 90.1 Å². The Hall–Kier alpha value is -3.58. The normalized spacial score (nSPS) is 10.9. The number of benzene rings is 3. The number of carbonyl (C=O) groups is 2. The van der Waals surface area contributed by atoms with Crippen molar-refractivity contribution in [2.75, 3.05) is 12.3 Å². The first-order valence-corrected chi connectivity index (χ1v) is 11.4. The molecule has 4 rings (SSSR count). The van der Waals surface area contributed by atoms with Gasteiger partial charge >= 0.3 is 0 Å². The number of primary amides is 1. The summed E-state index contributed by atoms with van der Waals surface area (Å²) in [5.41, 5.74) is 9.19. The maximum atomic E-state index is 13.1. The Kier molecular flexibility index (Phi) is 6.87. The van der Waals surface area contributed by atoms with Gasteiger partial charge in [-0.1, -0.05) is 72.4 Å². The number of para-hydroxylation sites is 3. The molecule has 0 fully saturated rings. The van der Waals surface area contributed by atoms with E-state index >= 15 is 0 Å². The van der Waals surface area contributed by atoms with Crippen LogP contribution in [0.5, 0.6) is 0 Å². The Labute approximate surface area is 191 Å². The highest BCUT2D eigenvalue weighted by molar-refractivity contribution is 7.99. The van der Waals surface area contributed by atoms with Crippen LogP contribution in [0.3, 0.4) is 0 Å². The van der Waals surface area contributed by atoms with Gasteiger partial charge in [0.05, 0.1) is 16.8 Å². The van der Waals surface area contributed by atoms with Gasteiger partial charge in [-0.15, -0.1) is 0 Å². The van der Waals surface area contributed by atoms with Gasteiger partial charge in [0, 0.05) is 25.2 Å². The van der Waals surface area contributed by atoms with Gasteiger partial charge in [-0.3, -0.25) is 14.2 Å². The van der Waals surface area contributed by atoms with Crippen molar-refractivity contribution < 1.29 is 9.59 Å². The Morgan fingerprint density at radius 1 is 0.906 bits per heavy atom. The molecule has 0 aliphatic rings. The summed E-state index contributed by atoms with van der Waals surface area (Å²) in [7, 11) is 0. The molecule has 2 amide bonds. The van der Waals surface area contributed by atoms with Crippen molar-refractivity contribution in [3.8, 4) is 5.69 Å². The number of nitrogens with zero attached hydrogens (tertiary/aromatic N) is 3. The molecule has 0 radical (unpaired) electrons. The second kappa shape index (κ2) is 10.2.